The van der Waals surface area contributed by atoms with E-state index in [1.54, 1.807) is 10.8 Å². The predicted molar refractivity (Wildman–Crippen MR) is 113 cm³/mol. The van der Waals surface area contributed by atoms with Crippen LogP contribution in [0, 0.1) is 13.8 Å². The molecule has 1 aromatic heterocycles. The van der Waals surface area contributed by atoms with E-state index in [-0.39, 0.29) is 12.2 Å². The molecule has 8 heteroatoms. The van der Waals surface area contributed by atoms with Crippen molar-refractivity contribution in [3.05, 3.63) is 93.3 Å². The van der Waals surface area contributed by atoms with E-state index in [0.717, 1.165) is 34.6 Å². The Bertz CT molecular complexity index is 1120. The Balaban J connectivity index is 1.66. The van der Waals surface area contributed by atoms with Gasteiger partial charge in [0, 0.05) is 22.4 Å². The minimum absolute atomic E-state index is 0.253. The summed E-state index contributed by atoms with van der Waals surface area (Å²) in [5, 5.41) is 5.14. The summed E-state index contributed by atoms with van der Waals surface area (Å²) in [6.45, 7) is 3.94. The molecule has 0 fully saturated rings. The normalized spacial score (nSPS) is 11.8. The van der Waals surface area contributed by atoms with E-state index in [9.17, 15) is 18.0 Å². The Hall–Kier alpha value is -3.06. The highest BCUT2D eigenvalue weighted by molar-refractivity contribution is 6.31. The molecule has 0 saturated carbocycles. The van der Waals surface area contributed by atoms with Crippen molar-refractivity contribution in [3.8, 4) is 0 Å². The number of halogens is 4. The zero-order valence-corrected chi connectivity index (χ0v) is 17.7. The van der Waals surface area contributed by atoms with Crippen molar-refractivity contribution >= 4 is 23.6 Å². The first-order valence-electron chi connectivity index (χ1n) is 9.43. The quantitative estimate of drug-likeness (QED) is 0.344. The highest BCUT2D eigenvalue weighted by atomic mass is 35.5. The van der Waals surface area contributed by atoms with E-state index >= 15 is 0 Å². The second-order valence-corrected chi connectivity index (χ2v) is 7.38. The molecule has 0 amide bonds. The summed E-state index contributed by atoms with van der Waals surface area (Å²) in [5.74, 6) is -0.657. The third kappa shape index (κ3) is 5.76. The molecule has 162 valence electrons. The van der Waals surface area contributed by atoms with Gasteiger partial charge < -0.3 is 4.74 Å². The van der Waals surface area contributed by atoms with Crippen molar-refractivity contribution in [2.24, 2.45) is 0 Å². The van der Waals surface area contributed by atoms with Crippen molar-refractivity contribution in [3.63, 3.8) is 0 Å². The van der Waals surface area contributed by atoms with Gasteiger partial charge in [0.25, 0.3) is 0 Å². The van der Waals surface area contributed by atoms with E-state index in [0.29, 0.717) is 11.6 Å². The average molecular weight is 449 g/mol. The fourth-order valence-electron chi connectivity index (χ4n) is 3.09. The molecule has 0 atom stereocenters. The highest BCUT2D eigenvalue weighted by Gasteiger charge is 2.30. The summed E-state index contributed by atoms with van der Waals surface area (Å²) in [4.78, 5) is 12.1. The van der Waals surface area contributed by atoms with Crippen molar-refractivity contribution in [1.82, 2.24) is 9.78 Å². The smallest absolute Gasteiger partial charge is 0.416 e. The Labute approximate surface area is 182 Å². The lowest BCUT2D eigenvalue weighted by Gasteiger charge is -2.08. The van der Waals surface area contributed by atoms with Crippen LogP contribution in [0.25, 0.3) is 6.08 Å². The lowest BCUT2D eigenvalue weighted by atomic mass is 10.1. The minimum atomic E-state index is -4.45. The monoisotopic (exact) mass is 448 g/mol. The van der Waals surface area contributed by atoms with Gasteiger partial charge in [-0.05, 0) is 49.2 Å². The number of aryl methyl sites for hydroxylation is 1. The van der Waals surface area contributed by atoms with E-state index < -0.39 is 17.7 Å². The molecular formula is C23H20ClF3N2O2. The summed E-state index contributed by atoms with van der Waals surface area (Å²) < 4.78 is 45.2. The largest absolute Gasteiger partial charge is 0.458 e. The molecule has 0 spiro atoms. The number of carbonyl (C=O) groups excluding carboxylic acids is 1. The molecule has 3 aromatic rings. The molecule has 0 aliphatic heterocycles. The molecule has 1 heterocycles. The van der Waals surface area contributed by atoms with Gasteiger partial charge in [-0.3, -0.25) is 4.68 Å². The Morgan fingerprint density at radius 1 is 1.16 bits per heavy atom. The van der Waals surface area contributed by atoms with E-state index in [4.69, 9.17) is 16.3 Å². The SMILES string of the molecule is Cc1nn(Cc2ccccc2Cl)c(C)c1C=CC(=O)OCc1cccc(C(F)(F)F)c1. The molecule has 0 bridgehead atoms. The zero-order valence-electron chi connectivity index (χ0n) is 16.9. The summed E-state index contributed by atoms with van der Waals surface area (Å²) >= 11 is 6.22. The van der Waals surface area contributed by atoms with Gasteiger partial charge in [0.05, 0.1) is 17.8 Å². The first-order chi connectivity index (χ1) is 14.6. The predicted octanol–water partition coefficient (Wildman–Crippen LogP) is 5.98. The molecule has 4 nitrogen and oxygen atoms in total. The fourth-order valence-corrected chi connectivity index (χ4v) is 3.28. The molecule has 0 N–H and O–H groups in total. The number of ether oxygens (including phenoxy) is 1. The summed E-state index contributed by atoms with van der Waals surface area (Å²) in [6, 6.07) is 12.2. The van der Waals surface area contributed by atoms with Crippen LogP contribution in [0.5, 0.6) is 0 Å². The molecule has 0 aliphatic carbocycles. The number of carbonyl (C=O) groups is 1. The van der Waals surface area contributed by atoms with Crippen LogP contribution >= 0.6 is 11.6 Å². The molecule has 0 radical (unpaired) electrons. The molecule has 0 aliphatic rings. The van der Waals surface area contributed by atoms with Crippen LogP contribution in [0.15, 0.2) is 54.6 Å². The van der Waals surface area contributed by atoms with Crippen LogP contribution < -0.4 is 0 Å². The van der Waals surface area contributed by atoms with Gasteiger partial charge in [0.2, 0.25) is 0 Å². The molecule has 0 saturated heterocycles. The van der Waals surface area contributed by atoms with Gasteiger partial charge in [0.1, 0.15) is 6.61 Å². The van der Waals surface area contributed by atoms with Crippen molar-refractivity contribution < 1.29 is 22.7 Å². The average Bonchev–Trinajstić information content (AvgIpc) is 2.99. The first kappa shape index (κ1) is 22.6. The molecule has 31 heavy (non-hydrogen) atoms. The third-order valence-corrected chi connectivity index (χ3v) is 5.11. The Morgan fingerprint density at radius 3 is 2.61 bits per heavy atom. The topological polar surface area (TPSA) is 44.1 Å². The second kappa shape index (κ2) is 9.39. The lowest BCUT2D eigenvalue weighted by molar-refractivity contribution is -0.138. The highest BCUT2D eigenvalue weighted by Crippen LogP contribution is 2.29. The maximum Gasteiger partial charge on any atom is 0.416 e. The van der Waals surface area contributed by atoms with Gasteiger partial charge in [-0.25, -0.2) is 4.79 Å². The third-order valence-electron chi connectivity index (χ3n) is 4.74. The van der Waals surface area contributed by atoms with Gasteiger partial charge in [0.15, 0.2) is 0 Å². The fraction of sp³-hybridized carbons (Fsp3) is 0.217. The minimum Gasteiger partial charge on any atom is -0.458 e. The molecule has 0 unspecified atom stereocenters. The van der Waals surface area contributed by atoms with Gasteiger partial charge in [-0.15, -0.1) is 0 Å². The Morgan fingerprint density at radius 2 is 1.90 bits per heavy atom. The van der Waals surface area contributed by atoms with Crippen LogP contribution in [0.1, 0.15) is 33.6 Å². The van der Waals surface area contributed by atoms with Gasteiger partial charge in [-0.2, -0.15) is 18.3 Å². The number of benzene rings is 2. The van der Waals surface area contributed by atoms with Crippen LogP contribution in [-0.4, -0.2) is 15.7 Å². The molecule has 2 aromatic carbocycles. The molecule has 3 rings (SSSR count). The summed E-state index contributed by atoms with van der Waals surface area (Å²) in [6.07, 6.45) is -1.61. The van der Waals surface area contributed by atoms with Gasteiger partial charge in [-0.1, -0.05) is 41.9 Å². The van der Waals surface area contributed by atoms with E-state index in [1.165, 1.54) is 18.2 Å². The summed E-state index contributed by atoms with van der Waals surface area (Å²) in [7, 11) is 0. The molecular weight excluding hydrogens is 429 g/mol. The van der Waals surface area contributed by atoms with Crippen LogP contribution in [-0.2, 0) is 28.9 Å². The van der Waals surface area contributed by atoms with Crippen LogP contribution in [0.4, 0.5) is 13.2 Å². The van der Waals surface area contributed by atoms with Crippen LogP contribution in [0.3, 0.4) is 0 Å². The number of rotatable bonds is 6. The van der Waals surface area contributed by atoms with E-state index in [2.05, 4.69) is 5.10 Å². The van der Waals surface area contributed by atoms with Crippen molar-refractivity contribution in [1.29, 1.82) is 0 Å². The van der Waals surface area contributed by atoms with Crippen molar-refractivity contribution in [2.45, 2.75) is 33.2 Å². The number of nitrogens with zero attached hydrogens (tertiary/aromatic N) is 2. The number of hydrogen-bond donors (Lipinski definition) is 0. The van der Waals surface area contributed by atoms with E-state index in [1.807, 2.05) is 38.1 Å². The number of esters is 1. The standard InChI is InChI=1S/C23H20ClF3N2O2/c1-15-20(16(2)29(28-15)13-18-7-3-4-9-21(18)24)10-11-22(30)31-14-17-6-5-8-19(12-17)23(25,26)27/h3-12H,13-14H2,1-2H3. The second-order valence-electron chi connectivity index (χ2n) is 6.97. The van der Waals surface area contributed by atoms with Crippen molar-refractivity contribution in [2.75, 3.05) is 0 Å². The first-order valence-corrected chi connectivity index (χ1v) is 9.81. The summed E-state index contributed by atoms with van der Waals surface area (Å²) in [5.41, 5.74) is 2.74. The maximum absolute atomic E-state index is 12.8. The number of hydrogen-bond acceptors (Lipinski definition) is 3. The number of aromatic nitrogens is 2. The zero-order chi connectivity index (χ0) is 22.6. The number of alkyl halides is 3. The lowest BCUT2D eigenvalue weighted by Crippen LogP contribution is -2.06. The van der Waals surface area contributed by atoms with Crippen LogP contribution in [0.2, 0.25) is 5.02 Å². The maximum atomic E-state index is 12.8. The Kier molecular flexibility index (Phi) is 6.85. The van der Waals surface area contributed by atoms with Gasteiger partial charge >= 0.3 is 12.1 Å².